The molecule has 20 heavy (non-hydrogen) atoms. The van der Waals surface area contributed by atoms with Crippen LogP contribution in [0.5, 0.6) is 0 Å². The van der Waals surface area contributed by atoms with Gasteiger partial charge in [-0.05, 0) is 5.56 Å². The molecule has 0 aromatic heterocycles. The number of methoxy groups -OCH3 is 1. The highest BCUT2D eigenvalue weighted by molar-refractivity contribution is 5.90. The van der Waals surface area contributed by atoms with Crippen LogP contribution < -0.4 is 0 Å². The molecule has 6 heteroatoms. The molecule has 6 nitrogen and oxygen atoms in total. The number of hydrogen-bond donors (Lipinski definition) is 0. The predicted octanol–water partition coefficient (Wildman–Crippen LogP) is 0.312. The highest BCUT2D eigenvalue weighted by Gasteiger charge is 2.51. The smallest absolute Gasteiger partial charge is 0.338 e. The van der Waals surface area contributed by atoms with Gasteiger partial charge in [-0.1, -0.05) is 30.3 Å². The zero-order valence-corrected chi connectivity index (χ0v) is 11.0. The molecule has 0 N–H and O–H groups in total. The Morgan fingerprint density at radius 3 is 2.80 bits per heavy atom. The van der Waals surface area contributed by atoms with Crippen LogP contribution in [0.15, 0.2) is 30.3 Å². The summed E-state index contributed by atoms with van der Waals surface area (Å²) in [5.41, 5.74) is 1.02. The first-order valence-electron chi connectivity index (χ1n) is 6.40. The molecule has 1 aromatic rings. The van der Waals surface area contributed by atoms with Crippen molar-refractivity contribution in [2.45, 2.75) is 25.0 Å². The standard InChI is InChI=1S/C14H15NO5/c1-18-14(17)12-11-13(16)15(8-10(19-11)20-12)7-9-5-3-2-4-6-9/h2-6,10-12H,7-8H2,1H3/t10-,11-,12+/m1/s1. The lowest BCUT2D eigenvalue weighted by molar-refractivity contribution is -0.162. The molecule has 106 valence electrons. The molecule has 2 aliphatic rings. The van der Waals surface area contributed by atoms with Crippen LogP contribution in [0.4, 0.5) is 0 Å². The van der Waals surface area contributed by atoms with Crippen molar-refractivity contribution in [2.24, 2.45) is 0 Å². The molecule has 1 aromatic carbocycles. The quantitative estimate of drug-likeness (QED) is 0.744. The number of amides is 1. The number of esters is 1. The average molecular weight is 277 g/mol. The van der Waals surface area contributed by atoms with E-state index in [2.05, 4.69) is 4.74 Å². The number of nitrogens with zero attached hydrogens (tertiary/aromatic N) is 1. The van der Waals surface area contributed by atoms with Crippen LogP contribution in [0, 0.1) is 0 Å². The average Bonchev–Trinajstić information content (AvgIpc) is 2.84. The SMILES string of the molecule is COC(=O)[C@H]1O[C@@H]2CN(Cc3ccccc3)C(=O)[C@@H]1O2. The van der Waals surface area contributed by atoms with E-state index in [0.29, 0.717) is 13.1 Å². The zero-order valence-electron chi connectivity index (χ0n) is 11.0. The Morgan fingerprint density at radius 1 is 1.35 bits per heavy atom. The third-order valence-corrected chi connectivity index (χ3v) is 3.45. The Bertz CT molecular complexity index is 518. The van der Waals surface area contributed by atoms with Gasteiger partial charge in [-0.15, -0.1) is 0 Å². The van der Waals surface area contributed by atoms with E-state index in [4.69, 9.17) is 9.47 Å². The van der Waals surface area contributed by atoms with Crippen LogP contribution in [0.3, 0.4) is 0 Å². The lowest BCUT2D eigenvalue weighted by Gasteiger charge is -2.30. The third-order valence-electron chi connectivity index (χ3n) is 3.45. The number of rotatable bonds is 3. The summed E-state index contributed by atoms with van der Waals surface area (Å²) in [6.07, 6.45) is -2.42. The Morgan fingerprint density at radius 2 is 2.10 bits per heavy atom. The molecule has 2 aliphatic heterocycles. The summed E-state index contributed by atoms with van der Waals surface area (Å²) in [7, 11) is 1.26. The molecule has 3 rings (SSSR count). The summed E-state index contributed by atoms with van der Waals surface area (Å²) in [6, 6.07) is 9.66. The first-order valence-corrected chi connectivity index (χ1v) is 6.40. The molecular formula is C14H15NO5. The van der Waals surface area contributed by atoms with Crippen LogP contribution in [-0.2, 0) is 30.3 Å². The zero-order chi connectivity index (χ0) is 14.1. The molecule has 0 aliphatic carbocycles. The van der Waals surface area contributed by atoms with Gasteiger partial charge < -0.3 is 19.1 Å². The van der Waals surface area contributed by atoms with E-state index in [1.54, 1.807) is 4.90 Å². The lowest BCUT2D eigenvalue weighted by Crippen LogP contribution is -2.49. The van der Waals surface area contributed by atoms with Gasteiger partial charge in [-0.25, -0.2) is 4.79 Å². The van der Waals surface area contributed by atoms with Gasteiger partial charge in [0.1, 0.15) is 0 Å². The number of ether oxygens (including phenoxy) is 3. The molecular weight excluding hydrogens is 262 g/mol. The minimum absolute atomic E-state index is 0.238. The van der Waals surface area contributed by atoms with E-state index in [9.17, 15) is 9.59 Å². The molecule has 2 fully saturated rings. The summed E-state index contributed by atoms with van der Waals surface area (Å²) < 4.78 is 15.4. The monoisotopic (exact) mass is 277 g/mol. The highest BCUT2D eigenvalue weighted by Crippen LogP contribution is 2.28. The van der Waals surface area contributed by atoms with E-state index >= 15 is 0 Å². The van der Waals surface area contributed by atoms with Crippen LogP contribution in [0.2, 0.25) is 0 Å². The Labute approximate surface area is 116 Å². The van der Waals surface area contributed by atoms with Crippen molar-refractivity contribution in [2.75, 3.05) is 13.7 Å². The Hall–Kier alpha value is -1.92. The van der Waals surface area contributed by atoms with E-state index < -0.39 is 24.5 Å². The Balaban J connectivity index is 1.74. The maximum absolute atomic E-state index is 12.3. The van der Waals surface area contributed by atoms with Gasteiger partial charge in [0.15, 0.2) is 18.5 Å². The number of hydrogen-bond acceptors (Lipinski definition) is 5. The van der Waals surface area contributed by atoms with Gasteiger partial charge in [-0.3, -0.25) is 4.79 Å². The number of benzene rings is 1. The molecule has 2 saturated heterocycles. The van der Waals surface area contributed by atoms with Crippen molar-refractivity contribution in [3.63, 3.8) is 0 Å². The number of fused-ring (bicyclic) bond motifs is 2. The second-order valence-electron chi connectivity index (χ2n) is 4.77. The topological polar surface area (TPSA) is 65.1 Å². The fraction of sp³-hybridized carbons (Fsp3) is 0.429. The van der Waals surface area contributed by atoms with Gasteiger partial charge in [0.25, 0.3) is 5.91 Å². The second kappa shape index (κ2) is 5.22. The minimum Gasteiger partial charge on any atom is -0.467 e. The molecule has 2 heterocycles. The van der Waals surface area contributed by atoms with Crippen LogP contribution in [0.25, 0.3) is 0 Å². The number of morpholine rings is 1. The van der Waals surface area contributed by atoms with Gasteiger partial charge in [0.2, 0.25) is 0 Å². The number of carbonyl (C=O) groups is 2. The van der Waals surface area contributed by atoms with Crippen molar-refractivity contribution in [1.82, 2.24) is 4.90 Å². The van der Waals surface area contributed by atoms with Crippen molar-refractivity contribution in [1.29, 1.82) is 0 Å². The van der Waals surface area contributed by atoms with Crippen LogP contribution in [0.1, 0.15) is 5.56 Å². The molecule has 0 spiro atoms. The van der Waals surface area contributed by atoms with Crippen molar-refractivity contribution < 1.29 is 23.8 Å². The summed E-state index contributed by atoms with van der Waals surface area (Å²) >= 11 is 0. The van der Waals surface area contributed by atoms with Crippen molar-refractivity contribution in [3.05, 3.63) is 35.9 Å². The van der Waals surface area contributed by atoms with Crippen molar-refractivity contribution >= 4 is 11.9 Å². The van der Waals surface area contributed by atoms with Crippen molar-refractivity contribution in [3.8, 4) is 0 Å². The molecule has 2 bridgehead atoms. The van der Waals surface area contributed by atoms with Crippen LogP contribution >= 0.6 is 0 Å². The summed E-state index contributed by atoms with van der Waals surface area (Å²) in [6.45, 7) is 0.797. The van der Waals surface area contributed by atoms with Gasteiger partial charge >= 0.3 is 5.97 Å². The number of carbonyl (C=O) groups excluding carboxylic acids is 2. The fourth-order valence-corrected chi connectivity index (χ4v) is 2.47. The van der Waals surface area contributed by atoms with E-state index in [1.807, 2.05) is 30.3 Å². The van der Waals surface area contributed by atoms with E-state index in [1.165, 1.54) is 7.11 Å². The maximum atomic E-state index is 12.3. The van der Waals surface area contributed by atoms with Gasteiger partial charge in [0, 0.05) is 6.54 Å². The first kappa shape index (κ1) is 13.1. The maximum Gasteiger partial charge on any atom is 0.338 e. The molecule has 0 radical (unpaired) electrons. The highest BCUT2D eigenvalue weighted by atomic mass is 16.7. The van der Waals surface area contributed by atoms with Gasteiger partial charge in [0.05, 0.1) is 13.7 Å². The largest absolute Gasteiger partial charge is 0.467 e. The predicted molar refractivity (Wildman–Crippen MR) is 67.4 cm³/mol. The molecule has 0 unspecified atom stereocenters. The normalized spacial score (nSPS) is 28.6. The fourth-order valence-electron chi connectivity index (χ4n) is 2.47. The first-order chi connectivity index (χ1) is 9.69. The third kappa shape index (κ3) is 2.28. The molecule has 1 amide bonds. The Kier molecular flexibility index (Phi) is 3.42. The summed E-state index contributed by atoms with van der Waals surface area (Å²) in [5, 5.41) is 0. The van der Waals surface area contributed by atoms with E-state index in [-0.39, 0.29) is 5.91 Å². The van der Waals surface area contributed by atoms with E-state index in [0.717, 1.165) is 5.56 Å². The lowest BCUT2D eigenvalue weighted by atomic mass is 10.1. The second-order valence-corrected chi connectivity index (χ2v) is 4.77. The molecule has 0 saturated carbocycles. The van der Waals surface area contributed by atoms with Crippen LogP contribution in [-0.4, -0.2) is 48.9 Å². The summed E-state index contributed by atoms with van der Waals surface area (Å²) in [5.74, 6) is -0.814. The summed E-state index contributed by atoms with van der Waals surface area (Å²) in [4.78, 5) is 25.6. The van der Waals surface area contributed by atoms with Gasteiger partial charge in [-0.2, -0.15) is 0 Å². The minimum atomic E-state index is -0.960. The molecule has 3 atom stereocenters.